The molecular formula is C23H27N3O4S2. The number of piperidine rings is 1. The topological polar surface area (TPSA) is 81.0 Å². The van der Waals surface area contributed by atoms with E-state index in [-0.39, 0.29) is 4.90 Å². The summed E-state index contributed by atoms with van der Waals surface area (Å²) in [5.74, 6) is -0.0532. The molecule has 0 aliphatic carbocycles. The lowest BCUT2D eigenvalue weighted by Gasteiger charge is -2.30. The third kappa shape index (κ3) is 4.71. The van der Waals surface area contributed by atoms with Crippen LogP contribution < -0.4 is 4.80 Å². The highest BCUT2D eigenvalue weighted by atomic mass is 32.2. The molecule has 0 spiro atoms. The number of hydrogen-bond donors (Lipinski definition) is 0. The van der Waals surface area contributed by atoms with Crippen LogP contribution in [0.1, 0.15) is 30.1 Å². The SMILES string of the molecule is COCCn1c(=NC(=O)c2ccc(S(=O)(=O)N3CCCC(C)C3)cc2)sc2ccccc21. The summed E-state index contributed by atoms with van der Waals surface area (Å²) in [4.78, 5) is 18.0. The Balaban J connectivity index is 1.62. The molecule has 170 valence electrons. The molecule has 1 amide bonds. The first-order valence-electron chi connectivity index (χ1n) is 10.7. The van der Waals surface area contributed by atoms with Crippen LogP contribution in [0.4, 0.5) is 0 Å². The first-order chi connectivity index (χ1) is 15.4. The Morgan fingerprint density at radius 1 is 1.19 bits per heavy atom. The number of rotatable bonds is 6. The number of nitrogens with zero attached hydrogens (tertiary/aromatic N) is 3. The number of sulfonamides is 1. The van der Waals surface area contributed by atoms with Crippen LogP contribution in [0.15, 0.2) is 58.4 Å². The summed E-state index contributed by atoms with van der Waals surface area (Å²) in [7, 11) is -1.92. The van der Waals surface area contributed by atoms with Crippen molar-refractivity contribution in [1.29, 1.82) is 0 Å². The van der Waals surface area contributed by atoms with Crippen molar-refractivity contribution in [3.8, 4) is 0 Å². The van der Waals surface area contributed by atoms with Gasteiger partial charge in [0.25, 0.3) is 5.91 Å². The van der Waals surface area contributed by atoms with Gasteiger partial charge in [-0.25, -0.2) is 8.42 Å². The Morgan fingerprint density at radius 3 is 2.66 bits per heavy atom. The third-order valence-electron chi connectivity index (χ3n) is 5.66. The van der Waals surface area contributed by atoms with E-state index in [0.717, 1.165) is 23.1 Å². The number of hydrogen-bond acceptors (Lipinski definition) is 5. The van der Waals surface area contributed by atoms with E-state index in [0.29, 0.717) is 42.5 Å². The van der Waals surface area contributed by atoms with Crippen LogP contribution in [0.5, 0.6) is 0 Å². The molecule has 1 saturated heterocycles. The average molecular weight is 474 g/mol. The minimum atomic E-state index is -3.56. The van der Waals surface area contributed by atoms with E-state index in [2.05, 4.69) is 11.9 Å². The van der Waals surface area contributed by atoms with E-state index >= 15 is 0 Å². The van der Waals surface area contributed by atoms with Gasteiger partial charge in [-0.15, -0.1) is 0 Å². The van der Waals surface area contributed by atoms with Crippen LogP contribution in [-0.4, -0.2) is 50.0 Å². The van der Waals surface area contributed by atoms with Gasteiger partial charge in [0, 0.05) is 32.3 Å². The summed E-state index contributed by atoms with van der Waals surface area (Å²) in [6.45, 7) is 4.22. The molecule has 3 aromatic rings. The second-order valence-corrected chi connectivity index (χ2v) is 11.0. The number of amides is 1. The quantitative estimate of drug-likeness (QED) is 0.549. The van der Waals surface area contributed by atoms with E-state index in [9.17, 15) is 13.2 Å². The van der Waals surface area contributed by atoms with Crippen molar-refractivity contribution in [3.63, 3.8) is 0 Å². The van der Waals surface area contributed by atoms with Gasteiger partial charge in [-0.05, 0) is 55.2 Å². The molecule has 7 nitrogen and oxygen atoms in total. The van der Waals surface area contributed by atoms with Crippen molar-refractivity contribution in [2.45, 2.75) is 31.2 Å². The summed E-state index contributed by atoms with van der Waals surface area (Å²) in [6.07, 6.45) is 1.91. The highest BCUT2D eigenvalue weighted by molar-refractivity contribution is 7.89. The number of carbonyl (C=O) groups is 1. The fourth-order valence-corrected chi connectivity index (χ4v) is 6.59. The summed E-state index contributed by atoms with van der Waals surface area (Å²) in [6, 6.07) is 14.0. The molecule has 0 saturated carbocycles. The van der Waals surface area contributed by atoms with Gasteiger partial charge in [-0.2, -0.15) is 9.30 Å². The van der Waals surface area contributed by atoms with Crippen LogP contribution in [0, 0.1) is 5.92 Å². The number of ether oxygens (including phenoxy) is 1. The molecule has 1 unspecified atom stereocenters. The second-order valence-electron chi connectivity index (χ2n) is 8.05. The largest absolute Gasteiger partial charge is 0.383 e. The minimum absolute atomic E-state index is 0.208. The highest BCUT2D eigenvalue weighted by Crippen LogP contribution is 2.24. The van der Waals surface area contributed by atoms with Crippen molar-refractivity contribution >= 4 is 37.5 Å². The smallest absolute Gasteiger partial charge is 0.279 e. The highest BCUT2D eigenvalue weighted by Gasteiger charge is 2.28. The molecule has 2 aromatic carbocycles. The van der Waals surface area contributed by atoms with Gasteiger partial charge in [0.2, 0.25) is 10.0 Å². The fourth-order valence-electron chi connectivity index (χ4n) is 3.94. The molecule has 1 aliphatic rings. The van der Waals surface area contributed by atoms with Crippen molar-refractivity contribution in [2.75, 3.05) is 26.8 Å². The number of methoxy groups -OCH3 is 1. The molecule has 1 fully saturated rings. The van der Waals surface area contributed by atoms with Gasteiger partial charge in [-0.3, -0.25) is 4.79 Å². The number of benzene rings is 2. The minimum Gasteiger partial charge on any atom is -0.383 e. The van der Waals surface area contributed by atoms with Crippen molar-refractivity contribution in [2.24, 2.45) is 10.9 Å². The Kier molecular flexibility index (Phi) is 6.90. The van der Waals surface area contributed by atoms with Crippen molar-refractivity contribution in [3.05, 3.63) is 58.9 Å². The van der Waals surface area contributed by atoms with E-state index in [4.69, 9.17) is 4.74 Å². The second kappa shape index (κ2) is 9.66. The zero-order chi connectivity index (χ0) is 22.7. The number of aromatic nitrogens is 1. The normalized spacial score (nSPS) is 18.3. The maximum atomic E-state index is 13.0. The molecule has 0 radical (unpaired) electrons. The van der Waals surface area contributed by atoms with Gasteiger partial charge in [0.15, 0.2) is 4.80 Å². The van der Waals surface area contributed by atoms with E-state index in [1.165, 1.54) is 27.8 Å². The van der Waals surface area contributed by atoms with E-state index in [1.807, 2.05) is 28.8 Å². The van der Waals surface area contributed by atoms with Crippen molar-refractivity contribution < 1.29 is 17.9 Å². The molecule has 9 heteroatoms. The lowest BCUT2D eigenvalue weighted by molar-refractivity contribution is 0.0997. The molecule has 1 aliphatic heterocycles. The monoisotopic (exact) mass is 473 g/mol. The first kappa shape index (κ1) is 22.8. The van der Waals surface area contributed by atoms with Crippen LogP contribution in [0.3, 0.4) is 0 Å². The Labute approximate surface area is 192 Å². The summed E-state index contributed by atoms with van der Waals surface area (Å²) in [5, 5.41) is 0. The number of para-hydroxylation sites is 1. The predicted molar refractivity (Wildman–Crippen MR) is 125 cm³/mol. The molecule has 0 N–H and O–H groups in total. The first-order valence-corrected chi connectivity index (χ1v) is 12.9. The Morgan fingerprint density at radius 2 is 1.94 bits per heavy atom. The molecule has 1 atom stereocenters. The molecule has 32 heavy (non-hydrogen) atoms. The summed E-state index contributed by atoms with van der Waals surface area (Å²) < 4.78 is 35.7. The number of thiazole rings is 1. The zero-order valence-electron chi connectivity index (χ0n) is 18.2. The van der Waals surface area contributed by atoms with Gasteiger partial charge in [0.1, 0.15) is 0 Å². The van der Waals surface area contributed by atoms with Crippen LogP contribution in [-0.2, 0) is 21.3 Å². The maximum absolute atomic E-state index is 13.0. The van der Waals surface area contributed by atoms with Gasteiger partial charge in [-0.1, -0.05) is 30.4 Å². The molecule has 1 aromatic heterocycles. The molecule has 4 rings (SSSR count). The van der Waals surface area contributed by atoms with Gasteiger partial charge >= 0.3 is 0 Å². The Hall–Kier alpha value is -2.33. The lowest BCUT2D eigenvalue weighted by atomic mass is 10.0. The van der Waals surface area contributed by atoms with Crippen LogP contribution in [0.2, 0.25) is 0 Å². The maximum Gasteiger partial charge on any atom is 0.279 e. The van der Waals surface area contributed by atoms with Crippen molar-refractivity contribution in [1.82, 2.24) is 8.87 Å². The standard InChI is InChI=1S/C23H27N3O4S2/c1-17-6-5-13-25(16-17)32(28,29)19-11-9-18(10-12-19)22(27)24-23-26(14-15-30-2)20-7-3-4-8-21(20)31-23/h3-4,7-12,17H,5-6,13-16H2,1-2H3. The number of fused-ring (bicyclic) bond motifs is 1. The summed E-state index contributed by atoms with van der Waals surface area (Å²) in [5.41, 5.74) is 1.35. The van der Waals surface area contributed by atoms with Crippen LogP contribution in [0.25, 0.3) is 10.2 Å². The fraction of sp³-hybridized carbons (Fsp3) is 0.391. The summed E-state index contributed by atoms with van der Waals surface area (Å²) >= 11 is 1.44. The van der Waals surface area contributed by atoms with Crippen LogP contribution >= 0.6 is 11.3 Å². The predicted octanol–water partition coefficient (Wildman–Crippen LogP) is 3.51. The molecule has 0 bridgehead atoms. The zero-order valence-corrected chi connectivity index (χ0v) is 19.9. The third-order valence-corrected chi connectivity index (χ3v) is 8.60. The lowest BCUT2D eigenvalue weighted by Crippen LogP contribution is -2.39. The number of carbonyl (C=O) groups excluding carboxylic acids is 1. The van der Waals surface area contributed by atoms with E-state index < -0.39 is 15.9 Å². The van der Waals surface area contributed by atoms with E-state index in [1.54, 1.807) is 19.2 Å². The average Bonchev–Trinajstić information content (AvgIpc) is 3.14. The van der Waals surface area contributed by atoms with Gasteiger partial charge < -0.3 is 9.30 Å². The molecule has 2 heterocycles. The Bertz CT molecular complexity index is 1280. The van der Waals surface area contributed by atoms with Gasteiger partial charge in [0.05, 0.1) is 21.7 Å². The molecular weight excluding hydrogens is 446 g/mol.